The number of pyridine rings is 1. The molecular weight excluding hydrogens is 432 g/mol. The minimum Gasteiger partial charge on any atom is -0.398 e. The molecule has 0 spiro atoms. The van der Waals surface area contributed by atoms with E-state index in [-0.39, 0.29) is 1.43 Å². The smallest absolute Gasteiger partial charge is 0.0633 e. The third-order valence-electron chi connectivity index (χ3n) is 6.04. The van der Waals surface area contributed by atoms with Gasteiger partial charge in [0.15, 0.2) is 0 Å². The van der Waals surface area contributed by atoms with Gasteiger partial charge in [0.05, 0.1) is 11.4 Å². The number of nitrogens with zero attached hydrogens (tertiary/aromatic N) is 3. The second-order valence-corrected chi connectivity index (χ2v) is 8.88. The van der Waals surface area contributed by atoms with Crippen molar-refractivity contribution in [3.8, 4) is 0 Å². The van der Waals surface area contributed by atoms with Crippen LogP contribution >= 0.6 is 0 Å². The number of nitrogen functional groups attached to an aromatic ring is 1. The van der Waals surface area contributed by atoms with Crippen molar-refractivity contribution in [1.29, 1.82) is 5.41 Å². The van der Waals surface area contributed by atoms with Crippen LogP contribution < -0.4 is 16.0 Å². The predicted molar refractivity (Wildman–Crippen MR) is 151 cm³/mol. The zero-order valence-electron chi connectivity index (χ0n) is 21.2. The van der Waals surface area contributed by atoms with Crippen molar-refractivity contribution in [2.45, 2.75) is 19.9 Å². The van der Waals surface area contributed by atoms with Gasteiger partial charge in [0.1, 0.15) is 0 Å². The second-order valence-electron chi connectivity index (χ2n) is 8.88. The highest BCUT2D eigenvalue weighted by atomic mass is 15.2. The molecule has 0 amide bonds. The molecule has 1 saturated heterocycles. The third kappa shape index (κ3) is 8.05. The summed E-state index contributed by atoms with van der Waals surface area (Å²) >= 11 is 0. The lowest BCUT2D eigenvalue weighted by atomic mass is 10.0. The summed E-state index contributed by atoms with van der Waals surface area (Å²) in [6.07, 6.45) is 6.73. The first-order chi connectivity index (χ1) is 17.0. The molecule has 0 atom stereocenters. The van der Waals surface area contributed by atoms with Gasteiger partial charge in [-0.05, 0) is 75.5 Å². The molecule has 0 aliphatic carbocycles. The number of aromatic nitrogens is 1. The van der Waals surface area contributed by atoms with Gasteiger partial charge in [-0.3, -0.25) is 4.98 Å². The van der Waals surface area contributed by atoms with Crippen molar-refractivity contribution in [3.05, 3.63) is 95.3 Å². The van der Waals surface area contributed by atoms with Crippen molar-refractivity contribution < 1.29 is 1.43 Å². The zero-order chi connectivity index (χ0) is 25.0. The quantitative estimate of drug-likeness (QED) is 0.353. The summed E-state index contributed by atoms with van der Waals surface area (Å²) in [4.78, 5) is 8.90. The average molecular weight is 473 g/mol. The number of nitrogens with two attached hydrogens (primary N) is 1. The van der Waals surface area contributed by atoms with Crippen molar-refractivity contribution in [1.82, 2.24) is 15.2 Å². The number of hydrogen-bond acceptors (Lipinski definition) is 6. The third-order valence-corrected chi connectivity index (χ3v) is 6.04. The fraction of sp³-hybridized carbons (Fsp3) is 0.310. The summed E-state index contributed by atoms with van der Waals surface area (Å²) < 4.78 is 0. The molecule has 6 nitrogen and oxygen atoms in total. The summed E-state index contributed by atoms with van der Waals surface area (Å²) in [5, 5.41) is 11.4. The van der Waals surface area contributed by atoms with Gasteiger partial charge in [-0.15, -0.1) is 0 Å². The van der Waals surface area contributed by atoms with E-state index in [2.05, 4.69) is 40.1 Å². The Balaban J connectivity index is 0.000000386. The monoisotopic (exact) mass is 472 g/mol. The van der Waals surface area contributed by atoms with Crippen LogP contribution in [0.5, 0.6) is 0 Å². The fourth-order valence-electron chi connectivity index (χ4n) is 4.09. The zero-order valence-corrected chi connectivity index (χ0v) is 21.2. The highest BCUT2D eigenvalue weighted by Crippen LogP contribution is 2.28. The lowest BCUT2D eigenvalue weighted by Gasteiger charge is -2.26. The molecule has 1 aliphatic rings. The fourth-order valence-corrected chi connectivity index (χ4v) is 4.09. The van der Waals surface area contributed by atoms with Crippen molar-refractivity contribution >= 4 is 23.2 Å². The van der Waals surface area contributed by atoms with Crippen molar-refractivity contribution in [2.75, 3.05) is 50.9 Å². The molecule has 0 bridgehead atoms. The van der Waals surface area contributed by atoms with E-state index in [4.69, 9.17) is 11.1 Å². The SMILES string of the molecule is CNCc1ccccn1.Cc1cc(C(=N)/C=C/c2ccccc2)c(N)cc1N1CCCN(C)CC1.[HH]. The number of likely N-dealkylation sites (N-methyl/N-ethyl adjacent to an activating group) is 1. The first-order valence-corrected chi connectivity index (χ1v) is 12.2. The van der Waals surface area contributed by atoms with Gasteiger partial charge in [-0.25, -0.2) is 0 Å². The highest BCUT2D eigenvalue weighted by Gasteiger charge is 2.16. The molecule has 2 aromatic carbocycles. The predicted octanol–water partition coefficient (Wildman–Crippen LogP) is 4.85. The van der Waals surface area contributed by atoms with Gasteiger partial charge in [0.2, 0.25) is 0 Å². The van der Waals surface area contributed by atoms with Crippen LogP contribution in [0.4, 0.5) is 11.4 Å². The van der Waals surface area contributed by atoms with E-state index in [1.807, 2.05) is 73.8 Å². The first kappa shape index (κ1) is 26.1. The molecule has 4 N–H and O–H groups in total. The molecule has 3 aromatic rings. The van der Waals surface area contributed by atoms with Crippen LogP contribution in [-0.2, 0) is 6.54 Å². The van der Waals surface area contributed by atoms with Gasteiger partial charge in [0, 0.05) is 50.7 Å². The normalized spacial score (nSPS) is 14.3. The van der Waals surface area contributed by atoms with E-state index >= 15 is 0 Å². The summed E-state index contributed by atoms with van der Waals surface area (Å²) in [6, 6.07) is 20.0. The Kier molecular flexibility index (Phi) is 10.0. The topological polar surface area (TPSA) is 81.3 Å². The molecule has 0 unspecified atom stereocenters. The van der Waals surface area contributed by atoms with E-state index in [0.717, 1.165) is 56.0 Å². The van der Waals surface area contributed by atoms with Crippen LogP contribution in [0.25, 0.3) is 6.08 Å². The van der Waals surface area contributed by atoms with E-state index in [0.29, 0.717) is 11.4 Å². The number of aryl methyl sites for hydroxylation is 1. The lowest BCUT2D eigenvalue weighted by molar-refractivity contribution is 0.360. The van der Waals surface area contributed by atoms with Gasteiger partial charge in [-0.2, -0.15) is 0 Å². The molecule has 1 fully saturated rings. The maximum Gasteiger partial charge on any atom is 0.0633 e. The van der Waals surface area contributed by atoms with Crippen LogP contribution in [-0.4, -0.2) is 55.9 Å². The maximum atomic E-state index is 8.41. The standard InChI is InChI=1S/C22H28N4.C7H10N2.H2/c1-17-15-19(20(23)10-9-18-7-4-3-5-8-18)21(24)16-22(17)26-12-6-11-25(2)13-14-26;1-8-6-7-4-2-3-5-9-7;/h3-5,7-10,15-16,23H,6,11-14,24H2,1-2H3;2-5,8H,6H2,1H3;1H/b10-9+,23-20?;;. The van der Waals surface area contributed by atoms with Crippen LogP contribution in [0.1, 0.15) is 30.2 Å². The molecule has 6 heteroatoms. The number of allylic oxidation sites excluding steroid dienone is 1. The van der Waals surface area contributed by atoms with Gasteiger partial charge in [-0.1, -0.05) is 42.5 Å². The molecule has 0 radical (unpaired) electrons. The largest absolute Gasteiger partial charge is 0.398 e. The van der Waals surface area contributed by atoms with E-state index in [1.54, 1.807) is 6.20 Å². The van der Waals surface area contributed by atoms with Crippen LogP contribution in [0, 0.1) is 12.3 Å². The van der Waals surface area contributed by atoms with E-state index in [9.17, 15) is 0 Å². The van der Waals surface area contributed by atoms with Gasteiger partial charge in [0.25, 0.3) is 0 Å². The summed E-state index contributed by atoms with van der Waals surface area (Å²) in [6.45, 7) is 7.23. The Morgan fingerprint density at radius 1 is 1.09 bits per heavy atom. The van der Waals surface area contributed by atoms with E-state index in [1.165, 1.54) is 11.3 Å². The maximum absolute atomic E-state index is 8.41. The number of benzene rings is 2. The van der Waals surface area contributed by atoms with Crippen molar-refractivity contribution in [3.63, 3.8) is 0 Å². The number of hydrogen-bond donors (Lipinski definition) is 3. The minimum absolute atomic E-state index is 0. The molecule has 1 aromatic heterocycles. The van der Waals surface area contributed by atoms with Crippen molar-refractivity contribution in [2.24, 2.45) is 0 Å². The Morgan fingerprint density at radius 3 is 2.57 bits per heavy atom. The van der Waals surface area contributed by atoms with Crippen LogP contribution in [0.3, 0.4) is 0 Å². The average Bonchev–Trinajstić information content (AvgIpc) is 3.10. The molecule has 35 heavy (non-hydrogen) atoms. The Hall–Kier alpha value is -3.48. The Labute approximate surface area is 211 Å². The highest BCUT2D eigenvalue weighted by molar-refractivity contribution is 6.12. The molecular formula is C29H40N6. The minimum atomic E-state index is 0. The molecule has 4 rings (SSSR count). The Morgan fingerprint density at radius 2 is 1.86 bits per heavy atom. The van der Waals surface area contributed by atoms with E-state index < -0.39 is 0 Å². The molecule has 0 saturated carbocycles. The number of anilines is 2. The lowest BCUT2D eigenvalue weighted by Crippen LogP contribution is -2.29. The number of nitrogens with one attached hydrogen (secondary N) is 2. The summed E-state index contributed by atoms with van der Waals surface area (Å²) in [5.74, 6) is 0. The molecule has 2 heterocycles. The first-order valence-electron chi connectivity index (χ1n) is 12.2. The molecule has 186 valence electrons. The van der Waals surface area contributed by atoms with Gasteiger partial charge >= 0.3 is 0 Å². The van der Waals surface area contributed by atoms with Crippen LogP contribution in [0.15, 0.2) is 72.9 Å². The molecule has 1 aliphatic heterocycles. The summed E-state index contributed by atoms with van der Waals surface area (Å²) in [5.41, 5.74) is 12.8. The summed E-state index contributed by atoms with van der Waals surface area (Å²) in [7, 11) is 4.09. The Bertz CT molecular complexity index is 1100. The van der Waals surface area contributed by atoms with Crippen LogP contribution in [0.2, 0.25) is 0 Å². The van der Waals surface area contributed by atoms with Gasteiger partial charge < -0.3 is 26.3 Å². The number of rotatable bonds is 6. The second kappa shape index (κ2) is 13.4.